The van der Waals surface area contributed by atoms with Crippen LogP contribution in [-0.4, -0.2) is 76.9 Å². The average Bonchev–Trinajstić information content (AvgIpc) is 3.21. The lowest BCUT2D eigenvalue weighted by atomic mass is 10.1. The van der Waals surface area contributed by atoms with Gasteiger partial charge in [-0.3, -0.25) is 18.6 Å². The van der Waals surface area contributed by atoms with Crippen molar-refractivity contribution in [2.24, 2.45) is 0 Å². The zero-order valence-electron chi connectivity index (χ0n) is 35.1. The highest BCUT2D eigenvalue weighted by Gasteiger charge is 2.27. The van der Waals surface area contributed by atoms with E-state index in [0.29, 0.717) is 25.7 Å². The molecule has 4 atom stereocenters. The molecule has 328 valence electrons. The monoisotopic (exact) mass is 832 g/mol. The number of allylic oxidation sites excluding steroid dienone is 17. The summed E-state index contributed by atoms with van der Waals surface area (Å²) in [6.07, 6.45) is 47.2. The van der Waals surface area contributed by atoms with Crippen molar-refractivity contribution in [3.63, 3.8) is 0 Å². The van der Waals surface area contributed by atoms with Gasteiger partial charge >= 0.3 is 19.8 Å². The maximum Gasteiger partial charge on any atom is 0.472 e. The van der Waals surface area contributed by atoms with E-state index in [2.05, 4.69) is 84.4 Å². The first-order chi connectivity index (χ1) is 28.1. The van der Waals surface area contributed by atoms with E-state index in [-0.39, 0.29) is 19.4 Å². The van der Waals surface area contributed by atoms with Gasteiger partial charge in [0.05, 0.1) is 25.9 Å². The van der Waals surface area contributed by atoms with Crippen molar-refractivity contribution >= 4 is 19.8 Å². The van der Waals surface area contributed by atoms with E-state index in [9.17, 15) is 29.3 Å². The summed E-state index contributed by atoms with van der Waals surface area (Å²) in [6.45, 7) is 1.80. The number of ether oxygens (including phenoxy) is 2. The molecule has 0 saturated carbocycles. The highest BCUT2D eigenvalue weighted by Crippen LogP contribution is 2.43. The molecule has 12 heteroatoms. The minimum atomic E-state index is -4.65. The van der Waals surface area contributed by atoms with E-state index in [1.54, 1.807) is 6.08 Å². The van der Waals surface area contributed by atoms with E-state index < -0.39 is 57.9 Å². The third-order valence-corrected chi connectivity index (χ3v) is 9.03. The van der Waals surface area contributed by atoms with Crippen LogP contribution >= 0.6 is 7.82 Å². The molecular weight excluding hydrogens is 759 g/mol. The van der Waals surface area contributed by atoms with Crippen LogP contribution in [0.5, 0.6) is 0 Å². The van der Waals surface area contributed by atoms with Gasteiger partial charge < -0.3 is 29.7 Å². The van der Waals surface area contributed by atoms with E-state index in [1.165, 1.54) is 0 Å². The summed E-state index contributed by atoms with van der Waals surface area (Å²) in [5.41, 5.74) is 0. The molecule has 0 aromatic heterocycles. The molecule has 0 aliphatic heterocycles. The van der Waals surface area contributed by atoms with Gasteiger partial charge in [-0.2, -0.15) is 0 Å². The Morgan fingerprint density at radius 2 is 1.09 bits per heavy atom. The fourth-order valence-corrected chi connectivity index (χ4v) is 5.52. The minimum Gasteiger partial charge on any atom is -0.462 e. The Hall–Kier alpha value is -3.41. The zero-order chi connectivity index (χ0) is 42.8. The molecule has 0 aromatic rings. The van der Waals surface area contributed by atoms with E-state index in [4.69, 9.17) is 19.1 Å². The van der Waals surface area contributed by atoms with Gasteiger partial charge in [0.1, 0.15) is 12.7 Å². The Kier molecular flexibility index (Phi) is 38.0. The van der Waals surface area contributed by atoms with Crippen LogP contribution in [0.1, 0.15) is 123 Å². The molecule has 0 aliphatic rings. The van der Waals surface area contributed by atoms with Crippen LogP contribution in [0.3, 0.4) is 0 Å². The summed E-state index contributed by atoms with van der Waals surface area (Å²) in [5, 5.41) is 27.8. The second-order valence-electron chi connectivity index (χ2n) is 13.4. The third-order valence-electron chi connectivity index (χ3n) is 8.08. The van der Waals surface area contributed by atoms with Crippen molar-refractivity contribution in [2.75, 3.05) is 26.4 Å². The summed E-state index contributed by atoms with van der Waals surface area (Å²) >= 11 is 0. The molecule has 0 amide bonds. The largest absolute Gasteiger partial charge is 0.472 e. The highest BCUT2D eigenvalue weighted by molar-refractivity contribution is 7.47. The van der Waals surface area contributed by atoms with Gasteiger partial charge in [0.2, 0.25) is 0 Å². The van der Waals surface area contributed by atoms with Crippen molar-refractivity contribution < 1.29 is 52.9 Å². The maximum absolute atomic E-state index is 12.6. The van der Waals surface area contributed by atoms with Crippen molar-refractivity contribution in [1.82, 2.24) is 0 Å². The average molecular weight is 833 g/mol. The van der Waals surface area contributed by atoms with Crippen LogP contribution < -0.4 is 0 Å². The number of esters is 2. The number of phosphoric ester groups is 1. The second-order valence-corrected chi connectivity index (χ2v) is 14.9. The summed E-state index contributed by atoms with van der Waals surface area (Å²) in [5.74, 6) is -1.05. The molecule has 0 fully saturated rings. The van der Waals surface area contributed by atoms with Gasteiger partial charge in [0.15, 0.2) is 6.10 Å². The Balaban J connectivity index is 4.50. The molecule has 0 spiro atoms. The number of unbranched alkanes of at least 4 members (excludes halogenated alkanes) is 5. The first-order valence-electron chi connectivity index (χ1n) is 21.0. The number of carbonyl (C=O) groups is 2. The lowest BCUT2D eigenvalue weighted by molar-refractivity contribution is -0.161. The molecule has 11 nitrogen and oxygen atoms in total. The Morgan fingerprint density at radius 1 is 0.586 bits per heavy atom. The molecule has 0 saturated heterocycles. The molecule has 0 aromatic carbocycles. The van der Waals surface area contributed by atoms with Crippen LogP contribution in [0.4, 0.5) is 0 Å². The van der Waals surface area contributed by atoms with Crippen LogP contribution in [-0.2, 0) is 32.7 Å². The number of rotatable bonds is 37. The lowest BCUT2D eigenvalue weighted by Gasteiger charge is -2.20. The van der Waals surface area contributed by atoms with Gasteiger partial charge in [-0.1, -0.05) is 136 Å². The van der Waals surface area contributed by atoms with E-state index in [0.717, 1.165) is 70.6 Å². The SMILES string of the molecule is CC/C=C\C/C=C\C/C=C\C/C=C\CCCCCCC(=O)O[C@H](COC(=O)CCC/C=C\C/C=C\C/C=C\C/C=C\C=C\[C@@H](O)CC)COP(=O)(O)OC[C@@H](O)CO. The summed E-state index contributed by atoms with van der Waals surface area (Å²) < 4.78 is 32.6. The zero-order valence-corrected chi connectivity index (χ0v) is 36.0. The molecule has 58 heavy (non-hydrogen) atoms. The summed E-state index contributed by atoms with van der Waals surface area (Å²) in [6, 6.07) is 0. The van der Waals surface area contributed by atoms with Gasteiger partial charge in [0.25, 0.3) is 0 Å². The normalized spacial score (nSPS) is 15.5. The topological polar surface area (TPSA) is 169 Å². The van der Waals surface area contributed by atoms with Crippen molar-refractivity contribution in [3.05, 3.63) is 109 Å². The fraction of sp³-hybridized carbons (Fsp3) is 0.565. The van der Waals surface area contributed by atoms with Gasteiger partial charge in [-0.15, -0.1) is 0 Å². The second kappa shape index (κ2) is 40.4. The van der Waals surface area contributed by atoms with E-state index >= 15 is 0 Å². The molecule has 0 heterocycles. The van der Waals surface area contributed by atoms with Gasteiger partial charge in [-0.05, 0) is 83.5 Å². The molecule has 0 bridgehead atoms. The predicted molar refractivity (Wildman–Crippen MR) is 234 cm³/mol. The Labute approximate surface area is 348 Å². The molecule has 0 rings (SSSR count). The lowest BCUT2D eigenvalue weighted by Crippen LogP contribution is -2.29. The molecular formula is C46H73O11P. The number of carbonyl (C=O) groups excluding carboxylic acids is 2. The summed E-state index contributed by atoms with van der Waals surface area (Å²) in [4.78, 5) is 34.9. The van der Waals surface area contributed by atoms with Crippen molar-refractivity contribution in [2.45, 2.75) is 141 Å². The molecule has 1 unspecified atom stereocenters. The highest BCUT2D eigenvalue weighted by atomic mass is 31.2. The Bertz CT molecular complexity index is 1340. The van der Waals surface area contributed by atoms with E-state index in [1.807, 2.05) is 37.3 Å². The Morgan fingerprint density at radius 3 is 1.66 bits per heavy atom. The number of hydrogen-bond donors (Lipinski definition) is 4. The summed E-state index contributed by atoms with van der Waals surface area (Å²) in [7, 11) is -4.65. The number of hydrogen-bond acceptors (Lipinski definition) is 10. The number of aliphatic hydroxyl groups excluding tert-OH is 3. The molecule has 0 radical (unpaired) electrons. The molecule has 4 N–H and O–H groups in total. The smallest absolute Gasteiger partial charge is 0.462 e. The first-order valence-corrected chi connectivity index (χ1v) is 22.4. The van der Waals surface area contributed by atoms with Gasteiger partial charge in [0, 0.05) is 12.8 Å². The molecule has 0 aliphatic carbocycles. The standard InChI is InChI=1S/C46H73O11P/c1-3-5-6-7-8-9-10-11-12-13-14-19-22-25-28-31-34-37-46(51)57-44(41-56-58(52,53)55-39-43(49)38-47)40-54-45(50)36-33-30-27-24-21-18-16-15-17-20-23-26-29-32-35-42(48)4-2/h5-6,8-9,11-12,14,16-20,24,26-27,29,32,35,42-44,47-49H,3-4,7,10,13,15,21-23,25,28,30-31,33-34,36-41H2,1-2H3,(H,52,53)/b6-5-,9-8-,12-11-,18-16-,19-14-,20-17-,27-24-,29-26-,35-32+/t42-,43-,44+/m0/s1. The number of phosphoric acid groups is 1. The fourth-order valence-electron chi connectivity index (χ4n) is 4.73. The predicted octanol–water partition coefficient (Wildman–Crippen LogP) is 9.97. The first kappa shape index (κ1) is 54.6. The maximum atomic E-state index is 12.6. The van der Waals surface area contributed by atoms with Crippen LogP contribution in [0.15, 0.2) is 109 Å². The minimum absolute atomic E-state index is 0.129. The van der Waals surface area contributed by atoms with Crippen molar-refractivity contribution in [3.8, 4) is 0 Å². The van der Waals surface area contributed by atoms with Crippen LogP contribution in [0, 0.1) is 0 Å². The third kappa shape index (κ3) is 39.4. The van der Waals surface area contributed by atoms with Crippen molar-refractivity contribution in [1.29, 1.82) is 0 Å². The van der Waals surface area contributed by atoms with Gasteiger partial charge in [-0.25, -0.2) is 4.57 Å². The number of aliphatic hydroxyl groups is 3. The van der Waals surface area contributed by atoms with Crippen LogP contribution in [0.25, 0.3) is 0 Å². The quantitative estimate of drug-likeness (QED) is 0.0155. The van der Waals surface area contributed by atoms with Crippen LogP contribution in [0.2, 0.25) is 0 Å².